The van der Waals surface area contributed by atoms with Crippen LogP contribution in [-0.2, 0) is 52.3 Å². The van der Waals surface area contributed by atoms with Crippen molar-refractivity contribution >= 4 is 7.32 Å². The van der Waals surface area contributed by atoms with E-state index >= 15 is 0 Å². The second-order valence-corrected chi connectivity index (χ2v) is 7.82. The van der Waals surface area contributed by atoms with Crippen molar-refractivity contribution in [2.24, 2.45) is 0 Å². The average molecular weight is 536 g/mol. The van der Waals surface area contributed by atoms with Gasteiger partial charge in [-0.25, -0.2) is 0 Å². The number of benzene rings is 3. The van der Waals surface area contributed by atoms with E-state index in [4.69, 9.17) is 14.0 Å². The van der Waals surface area contributed by atoms with E-state index in [1.54, 1.807) is 0 Å². The Balaban J connectivity index is 1.73. The first-order chi connectivity index (χ1) is 17.2. The molecular weight excluding hydrogens is 518 g/mol. The van der Waals surface area contributed by atoms with Crippen LogP contribution in [-0.4, -0.2) is 7.32 Å². The molecule has 3 nitrogen and oxygen atoms in total. The molecule has 3 aromatic rings. The summed E-state index contributed by atoms with van der Waals surface area (Å²) in [6.07, 6.45) is -13.8. The normalized spacial score (nSPS) is 12.6. The quantitative estimate of drug-likeness (QED) is 0.208. The predicted octanol–water partition coefficient (Wildman–Crippen LogP) is 7.68. The summed E-state index contributed by atoms with van der Waals surface area (Å²) in [6, 6.07) is 12.5. The van der Waals surface area contributed by atoms with Crippen molar-refractivity contribution in [1.82, 2.24) is 0 Å². The van der Waals surface area contributed by atoms with E-state index in [2.05, 4.69) is 0 Å². The van der Waals surface area contributed by atoms with E-state index in [9.17, 15) is 39.5 Å². The van der Waals surface area contributed by atoms with E-state index in [0.717, 1.165) is 54.6 Å². The molecule has 0 N–H and O–H groups in total. The van der Waals surface area contributed by atoms with Crippen molar-refractivity contribution in [1.29, 1.82) is 0 Å². The minimum Gasteiger partial charge on any atom is -0.382 e. The molecule has 0 atom stereocenters. The summed E-state index contributed by atoms with van der Waals surface area (Å²) >= 11 is 0. The van der Waals surface area contributed by atoms with Crippen LogP contribution in [0.2, 0.25) is 0 Å². The predicted molar refractivity (Wildman–Crippen MR) is 114 cm³/mol. The van der Waals surface area contributed by atoms with Crippen LogP contribution in [0.4, 0.5) is 39.5 Å². The minimum absolute atomic E-state index is 0.0881. The van der Waals surface area contributed by atoms with Crippen molar-refractivity contribution in [3.8, 4) is 0 Å². The molecule has 0 aliphatic rings. The van der Waals surface area contributed by atoms with Gasteiger partial charge in [-0.05, 0) is 53.1 Å². The lowest BCUT2D eigenvalue weighted by molar-refractivity contribution is -0.138. The third-order valence-electron chi connectivity index (χ3n) is 4.92. The highest BCUT2D eigenvalue weighted by molar-refractivity contribution is 6.36. The molecule has 0 bridgehead atoms. The molecule has 0 aliphatic heterocycles. The van der Waals surface area contributed by atoms with Crippen LogP contribution in [0.25, 0.3) is 0 Å². The van der Waals surface area contributed by atoms with E-state index in [0.29, 0.717) is 0 Å². The Bertz CT molecular complexity index is 1030. The van der Waals surface area contributed by atoms with Crippen LogP contribution in [0.15, 0.2) is 72.8 Å². The Kier molecular flexibility index (Phi) is 8.93. The van der Waals surface area contributed by atoms with Crippen LogP contribution >= 0.6 is 0 Å². The van der Waals surface area contributed by atoms with Gasteiger partial charge in [0.15, 0.2) is 0 Å². The monoisotopic (exact) mass is 536 g/mol. The second-order valence-electron chi connectivity index (χ2n) is 7.82. The van der Waals surface area contributed by atoms with E-state index in [-0.39, 0.29) is 16.7 Å². The zero-order valence-corrected chi connectivity index (χ0v) is 18.8. The Morgan fingerprint density at radius 1 is 0.459 bits per heavy atom. The maximum atomic E-state index is 13.0. The Hall–Kier alpha value is -3.03. The summed E-state index contributed by atoms with van der Waals surface area (Å²) in [6.45, 7) is -1.33. The van der Waals surface area contributed by atoms with Crippen molar-refractivity contribution in [2.45, 2.75) is 38.3 Å². The molecule has 13 heteroatoms. The highest BCUT2D eigenvalue weighted by Crippen LogP contribution is 2.31. The van der Waals surface area contributed by atoms with Gasteiger partial charge in [-0.2, -0.15) is 39.5 Å². The van der Waals surface area contributed by atoms with Crippen LogP contribution in [0, 0.1) is 0 Å². The summed E-state index contributed by atoms with van der Waals surface area (Å²) in [5.41, 5.74) is -2.53. The lowest BCUT2D eigenvalue weighted by Gasteiger charge is -2.17. The van der Waals surface area contributed by atoms with Crippen LogP contribution in [0.5, 0.6) is 0 Å². The Labute approximate surface area is 205 Å². The maximum Gasteiger partial charge on any atom is 0.640 e. The van der Waals surface area contributed by atoms with Crippen molar-refractivity contribution in [3.63, 3.8) is 0 Å². The van der Waals surface area contributed by atoms with Gasteiger partial charge in [0, 0.05) is 0 Å². The van der Waals surface area contributed by atoms with E-state index in [1.807, 2.05) is 0 Å². The van der Waals surface area contributed by atoms with Crippen LogP contribution in [0.3, 0.4) is 0 Å². The molecule has 0 aliphatic carbocycles. The highest BCUT2D eigenvalue weighted by Gasteiger charge is 2.33. The maximum absolute atomic E-state index is 13.0. The van der Waals surface area contributed by atoms with Gasteiger partial charge in [0.25, 0.3) is 0 Å². The van der Waals surface area contributed by atoms with Crippen molar-refractivity contribution in [2.75, 3.05) is 0 Å². The summed E-state index contributed by atoms with van der Waals surface area (Å²) in [5, 5.41) is 0. The molecule has 0 saturated heterocycles. The molecule has 0 heterocycles. The van der Waals surface area contributed by atoms with Gasteiger partial charge in [-0.1, -0.05) is 36.4 Å². The van der Waals surface area contributed by atoms with Gasteiger partial charge in [0.1, 0.15) is 0 Å². The fraction of sp³-hybridized carbons (Fsp3) is 0.250. The van der Waals surface area contributed by atoms with E-state index in [1.165, 1.54) is 18.2 Å². The molecule has 0 unspecified atom stereocenters. The molecule has 3 rings (SSSR count). The van der Waals surface area contributed by atoms with Gasteiger partial charge in [-0.3, -0.25) is 0 Å². The summed E-state index contributed by atoms with van der Waals surface area (Å²) in [5.74, 6) is 0. The number of rotatable bonds is 9. The summed E-state index contributed by atoms with van der Waals surface area (Å²) in [4.78, 5) is 0. The molecule has 0 spiro atoms. The molecule has 0 saturated carbocycles. The number of hydrogen-bond acceptors (Lipinski definition) is 3. The first kappa shape index (κ1) is 28.5. The van der Waals surface area contributed by atoms with Gasteiger partial charge >= 0.3 is 25.9 Å². The lowest BCUT2D eigenvalue weighted by atomic mass is 10.1. The van der Waals surface area contributed by atoms with Gasteiger partial charge in [0.2, 0.25) is 0 Å². The third kappa shape index (κ3) is 8.80. The molecule has 0 fully saturated rings. The topological polar surface area (TPSA) is 27.7 Å². The second kappa shape index (κ2) is 11.6. The average Bonchev–Trinajstić information content (AvgIpc) is 2.82. The summed E-state index contributed by atoms with van der Waals surface area (Å²) in [7, 11) is -1.63. The standard InChI is InChI=1S/C24H18BF9O3/c26-22(27,28)19-7-1-4-16(10-19)13-35-25(36-14-17-5-2-8-20(11-17)23(29,30)31)37-15-18-6-3-9-21(12-18)24(32,33)34/h1-12H,13-15H2. The molecule has 198 valence electrons. The molecule has 0 amide bonds. The van der Waals surface area contributed by atoms with Crippen molar-refractivity contribution < 1.29 is 53.5 Å². The molecule has 0 radical (unpaired) electrons. The number of hydrogen-bond donors (Lipinski definition) is 0. The SMILES string of the molecule is FC(F)(F)c1cccc(COB(OCc2cccc(C(F)(F)F)c2)OCc2cccc(C(F)(F)F)c2)c1. The smallest absolute Gasteiger partial charge is 0.382 e. The Morgan fingerprint density at radius 2 is 0.730 bits per heavy atom. The van der Waals surface area contributed by atoms with Crippen LogP contribution in [0.1, 0.15) is 33.4 Å². The zero-order chi connectivity index (χ0) is 27.3. The first-order valence-corrected chi connectivity index (χ1v) is 10.5. The minimum atomic E-state index is -4.60. The third-order valence-corrected chi connectivity index (χ3v) is 4.92. The van der Waals surface area contributed by atoms with Crippen LogP contribution < -0.4 is 0 Å². The first-order valence-electron chi connectivity index (χ1n) is 10.5. The number of alkyl halides is 9. The van der Waals surface area contributed by atoms with Gasteiger partial charge < -0.3 is 14.0 Å². The molecular formula is C24H18BF9O3. The van der Waals surface area contributed by atoms with E-state index < -0.39 is 62.4 Å². The lowest BCUT2D eigenvalue weighted by Crippen LogP contribution is -2.27. The fourth-order valence-electron chi connectivity index (χ4n) is 3.15. The largest absolute Gasteiger partial charge is 0.640 e. The Morgan fingerprint density at radius 3 is 0.973 bits per heavy atom. The fourth-order valence-corrected chi connectivity index (χ4v) is 3.15. The molecule has 3 aromatic carbocycles. The van der Waals surface area contributed by atoms with Gasteiger partial charge in [0.05, 0.1) is 36.5 Å². The van der Waals surface area contributed by atoms with Crippen molar-refractivity contribution in [3.05, 3.63) is 106 Å². The molecule has 0 aromatic heterocycles. The van der Waals surface area contributed by atoms with Gasteiger partial charge in [-0.15, -0.1) is 0 Å². The highest BCUT2D eigenvalue weighted by atomic mass is 19.4. The number of halogens is 9. The summed E-state index contributed by atoms with van der Waals surface area (Å²) < 4.78 is 133. The zero-order valence-electron chi connectivity index (χ0n) is 18.8. The molecule has 37 heavy (non-hydrogen) atoms.